The summed E-state index contributed by atoms with van der Waals surface area (Å²) < 4.78 is 6.83. The van der Waals surface area contributed by atoms with Crippen molar-refractivity contribution in [2.75, 3.05) is 0 Å². The number of hydrogen-bond donors (Lipinski definition) is 0. The number of aromatic nitrogens is 1. The van der Waals surface area contributed by atoms with E-state index in [0.717, 1.165) is 26.4 Å². The van der Waals surface area contributed by atoms with Crippen molar-refractivity contribution >= 4 is 39.2 Å². The van der Waals surface area contributed by atoms with Crippen molar-refractivity contribution in [1.82, 2.24) is 4.98 Å². The van der Waals surface area contributed by atoms with Gasteiger partial charge in [0.15, 0.2) is 5.78 Å². The monoisotopic (exact) mass is 447 g/mol. The molecule has 0 saturated carbocycles. The second kappa shape index (κ2) is 7.70. The Balaban J connectivity index is 1.61. The summed E-state index contributed by atoms with van der Waals surface area (Å²) in [5.41, 5.74) is 6.73. The van der Waals surface area contributed by atoms with Gasteiger partial charge < -0.3 is 4.42 Å². The Bertz CT molecular complexity index is 1560. The van der Waals surface area contributed by atoms with Gasteiger partial charge in [0.05, 0.1) is 4.70 Å². The molecule has 0 atom stereocenters. The van der Waals surface area contributed by atoms with Crippen molar-refractivity contribution in [2.24, 2.45) is 0 Å². The smallest absolute Gasteiger partial charge is 0.238 e. The van der Waals surface area contributed by atoms with Gasteiger partial charge in [-0.1, -0.05) is 42.0 Å². The molecule has 0 amide bonds. The molecule has 0 bridgehead atoms. The predicted molar refractivity (Wildman–Crippen MR) is 128 cm³/mol. The van der Waals surface area contributed by atoms with Gasteiger partial charge in [-0.05, 0) is 43.5 Å². The summed E-state index contributed by atoms with van der Waals surface area (Å²) in [7, 11) is 0. The number of carbonyl (C=O) groups excluding carboxylic acids is 1. The molecule has 2 aromatic heterocycles. The highest BCUT2D eigenvalue weighted by Crippen LogP contribution is 2.41. The zero-order chi connectivity index (χ0) is 23.3. The van der Waals surface area contributed by atoms with Gasteiger partial charge in [-0.2, -0.15) is 10.5 Å². The van der Waals surface area contributed by atoms with Gasteiger partial charge in [0.25, 0.3) is 0 Å². The van der Waals surface area contributed by atoms with Crippen LogP contribution in [0.3, 0.4) is 0 Å². The molecule has 0 spiro atoms. The Morgan fingerprint density at radius 1 is 1.03 bits per heavy atom. The first-order chi connectivity index (χ1) is 15.9. The summed E-state index contributed by atoms with van der Waals surface area (Å²) in [6.07, 6.45) is 1.60. The summed E-state index contributed by atoms with van der Waals surface area (Å²) in [4.78, 5) is 17.8. The lowest BCUT2D eigenvalue weighted by molar-refractivity contribution is 0.104. The van der Waals surface area contributed by atoms with Crippen molar-refractivity contribution in [2.45, 2.75) is 20.8 Å². The van der Waals surface area contributed by atoms with Gasteiger partial charge >= 0.3 is 0 Å². The summed E-state index contributed by atoms with van der Waals surface area (Å²) in [5.74, 6) is 0.222. The standard InChI is InChI=1S/C27H17N3O2S/c1-14-8-15(2)23(16(3)9-14)27-30-26-22(33-27)11-18(32-26)10-21-24(17(12-28)13-29)19-6-4-5-7-20(19)25(21)31/h4-11H,1-3H3/b21-10-. The van der Waals surface area contributed by atoms with Crippen LogP contribution in [0, 0.1) is 43.4 Å². The highest BCUT2D eigenvalue weighted by molar-refractivity contribution is 7.21. The molecule has 0 N–H and O–H groups in total. The van der Waals surface area contributed by atoms with Crippen LogP contribution in [0.25, 0.3) is 32.6 Å². The second-order valence-electron chi connectivity index (χ2n) is 8.02. The van der Waals surface area contributed by atoms with Gasteiger partial charge in [0, 0.05) is 28.3 Å². The third kappa shape index (κ3) is 3.29. The minimum Gasteiger partial charge on any atom is -0.437 e. The number of allylic oxidation sites excluding steroid dienone is 3. The summed E-state index contributed by atoms with van der Waals surface area (Å²) in [6.45, 7) is 6.23. The molecule has 0 saturated heterocycles. The molecule has 1 aliphatic rings. The number of nitriles is 2. The molecule has 2 heterocycles. The Labute approximate surface area is 194 Å². The number of ketones is 1. The van der Waals surface area contributed by atoms with Gasteiger partial charge in [0.1, 0.15) is 28.5 Å². The molecule has 158 valence electrons. The van der Waals surface area contributed by atoms with E-state index < -0.39 is 0 Å². The fraction of sp³-hybridized carbons (Fsp3) is 0.111. The fourth-order valence-corrected chi connectivity index (χ4v) is 5.55. The van der Waals surface area contributed by atoms with Crippen molar-refractivity contribution in [3.8, 4) is 22.7 Å². The van der Waals surface area contributed by atoms with Crippen molar-refractivity contribution in [1.29, 1.82) is 10.5 Å². The fourth-order valence-electron chi connectivity index (χ4n) is 4.44. The Hall–Kier alpha value is -4.26. The van der Waals surface area contributed by atoms with Crippen LogP contribution in [-0.4, -0.2) is 10.8 Å². The lowest BCUT2D eigenvalue weighted by Crippen LogP contribution is -1.95. The second-order valence-corrected chi connectivity index (χ2v) is 9.05. The van der Waals surface area contributed by atoms with E-state index in [-0.39, 0.29) is 16.9 Å². The van der Waals surface area contributed by atoms with Crippen molar-refractivity contribution in [3.63, 3.8) is 0 Å². The minimum atomic E-state index is -0.233. The minimum absolute atomic E-state index is 0.0985. The first kappa shape index (κ1) is 20.6. The van der Waals surface area contributed by atoms with Crippen LogP contribution in [0.1, 0.15) is 38.4 Å². The lowest BCUT2D eigenvalue weighted by Gasteiger charge is -2.08. The number of aryl methyl sites for hydroxylation is 3. The predicted octanol–water partition coefficient (Wildman–Crippen LogP) is 6.56. The maximum absolute atomic E-state index is 13.1. The van der Waals surface area contributed by atoms with Crippen molar-refractivity contribution < 1.29 is 9.21 Å². The maximum Gasteiger partial charge on any atom is 0.238 e. The van der Waals surface area contributed by atoms with Crippen LogP contribution in [0.5, 0.6) is 0 Å². The zero-order valence-corrected chi connectivity index (χ0v) is 19.0. The summed E-state index contributed by atoms with van der Waals surface area (Å²) in [6, 6.07) is 16.9. The molecule has 1 aliphatic carbocycles. The lowest BCUT2D eigenvalue weighted by atomic mass is 9.99. The number of nitrogens with zero attached hydrogens (tertiary/aromatic N) is 3. The zero-order valence-electron chi connectivity index (χ0n) is 18.2. The van der Waals surface area contributed by atoms with E-state index in [2.05, 4.69) is 32.9 Å². The molecule has 6 heteroatoms. The topological polar surface area (TPSA) is 90.7 Å². The van der Waals surface area contributed by atoms with E-state index in [0.29, 0.717) is 28.2 Å². The first-order valence-electron chi connectivity index (χ1n) is 10.3. The van der Waals surface area contributed by atoms with E-state index in [4.69, 9.17) is 9.40 Å². The molecule has 4 aromatic rings. The largest absolute Gasteiger partial charge is 0.437 e. The number of furan rings is 1. The normalized spacial score (nSPS) is 13.9. The molecule has 5 rings (SSSR count). The Morgan fingerprint density at radius 2 is 1.70 bits per heavy atom. The molecule has 0 aliphatic heterocycles. The number of hydrogen-bond acceptors (Lipinski definition) is 6. The van der Waals surface area contributed by atoms with E-state index in [1.807, 2.05) is 18.2 Å². The average Bonchev–Trinajstić information content (AvgIpc) is 3.41. The molecule has 0 unspecified atom stereocenters. The number of rotatable bonds is 2. The average molecular weight is 448 g/mol. The quantitative estimate of drug-likeness (QED) is 0.256. The van der Waals surface area contributed by atoms with Crippen LogP contribution in [0.4, 0.5) is 0 Å². The van der Waals surface area contributed by atoms with Crippen LogP contribution < -0.4 is 0 Å². The molecule has 0 radical (unpaired) electrons. The van der Waals surface area contributed by atoms with Gasteiger partial charge in [-0.3, -0.25) is 4.79 Å². The van der Waals surface area contributed by atoms with E-state index >= 15 is 0 Å². The van der Waals surface area contributed by atoms with E-state index in [9.17, 15) is 15.3 Å². The molecular formula is C27H17N3O2S. The Kier molecular flexibility index (Phi) is 4.82. The van der Waals surface area contributed by atoms with E-state index in [1.165, 1.54) is 16.9 Å². The Morgan fingerprint density at radius 3 is 2.33 bits per heavy atom. The third-order valence-corrected chi connectivity index (χ3v) is 6.72. The highest BCUT2D eigenvalue weighted by Gasteiger charge is 2.32. The molecular weight excluding hydrogens is 430 g/mol. The van der Waals surface area contributed by atoms with Gasteiger partial charge in [-0.15, -0.1) is 11.3 Å². The van der Waals surface area contributed by atoms with E-state index in [1.54, 1.807) is 30.3 Å². The number of Topliss-reactive ketones (excluding diaryl/α,β-unsaturated/α-hetero) is 1. The maximum atomic E-state index is 13.1. The van der Waals surface area contributed by atoms with Gasteiger partial charge in [-0.25, -0.2) is 4.98 Å². The molecule has 5 nitrogen and oxygen atoms in total. The van der Waals surface area contributed by atoms with Crippen LogP contribution >= 0.6 is 11.3 Å². The van der Waals surface area contributed by atoms with Gasteiger partial charge in [0.2, 0.25) is 5.71 Å². The summed E-state index contributed by atoms with van der Waals surface area (Å²) >= 11 is 1.53. The molecule has 0 fully saturated rings. The number of thiazole rings is 1. The number of fused-ring (bicyclic) bond motifs is 2. The van der Waals surface area contributed by atoms with Crippen LogP contribution in [0.15, 0.2) is 58.0 Å². The van der Waals surface area contributed by atoms with Crippen LogP contribution in [0.2, 0.25) is 0 Å². The molecule has 33 heavy (non-hydrogen) atoms. The highest BCUT2D eigenvalue weighted by atomic mass is 32.1. The number of carbonyl (C=O) groups is 1. The number of benzene rings is 2. The third-order valence-electron chi connectivity index (χ3n) is 5.71. The van der Waals surface area contributed by atoms with Crippen molar-refractivity contribution in [3.05, 3.63) is 87.2 Å². The first-order valence-corrected chi connectivity index (χ1v) is 11.1. The SMILES string of the molecule is Cc1cc(C)c(-c2nc3oc(/C=C4\C(=O)c5ccccc5C4=C(C#N)C#N)cc3s2)c(C)c1. The summed E-state index contributed by atoms with van der Waals surface area (Å²) in [5, 5.41) is 19.8. The van der Waals surface area contributed by atoms with Crippen LogP contribution in [-0.2, 0) is 0 Å². The molecule has 2 aromatic carbocycles.